The summed E-state index contributed by atoms with van der Waals surface area (Å²) in [7, 11) is 0. The number of hydrogen-bond acceptors (Lipinski definition) is 0. The van der Waals surface area contributed by atoms with E-state index in [0.29, 0.717) is 5.92 Å². The maximum absolute atomic E-state index is 3.09. The van der Waals surface area contributed by atoms with E-state index in [1.54, 1.807) is 0 Å². The van der Waals surface area contributed by atoms with Crippen LogP contribution in [-0.2, 0) is 6.42 Å². The summed E-state index contributed by atoms with van der Waals surface area (Å²) in [6.07, 6.45) is 18.4. The Bertz CT molecular complexity index is 469. The number of rotatable bonds is 2. The number of H-pyrrole nitrogens is 1. The van der Waals surface area contributed by atoms with Gasteiger partial charge in [0, 0.05) is 18.3 Å². The molecule has 0 saturated heterocycles. The monoisotopic (exact) mass is 195 g/mol. The minimum Gasteiger partial charge on any atom is -0.367 e. The minimum absolute atomic E-state index is 0.518. The fraction of sp³-hybridized carbons (Fsp3) is 0.143. The van der Waals surface area contributed by atoms with Crippen molar-refractivity contribution in [2.24, 2.45) is 5.92 Å². The van der Waals surface area contributed by atoms with Gasteiger partial charge in [-0.2, -0.15) is 0 Å². The molecule has 1 nitrogen and oxygen atoms in total. The lowest BCUT2D eigenvalue weighted by molar-refractivity contribution is 1.01. The van der Waals surface area contributed by atoms with Gasteiger partial charge in [0.15, 0.2) is 0 Å². The first-order chi connectivity index (χ1) is 7.42. The number of hydrogen-bond donors (Lipinski definition) is 1. The molecule has 1 heterocycles. The molecular weight excluding hydrogens is 182 g/mol. The van der Waals surface area contributed by atoms with E-state index < -0.39 is 0 Å². The maximum Gasteiger partial charge on any atom is 0.0207 e. The standard InChI is InChI=1S/C14H13N/c1-2-4-14-9-12(8-13(14)3-1)7-11-5-6-15-10-11/h1-6,8-10,13,15H,7H2. The Kier molecular flexibility index (Phi) is 1.95. The van der Waals surface area contributed by atoms with Gasteiger partial charge in [-0.25, -0.2) is 0 Å². The first kappa shape index (κ1) is 8.54. The van der Waals surface area contributed by atoms with E-state index in [2.05, 4.69) is 53.7 Å². The van der Waals surface area contributed by atoms with E-state index >= 15 is 0 Å². The minimum atomic E-state index is 0.518. The summed E-state index contributed by atoms with van der Waals surface area (Å²) < 4.78 is 0. The summed E-state index contributed by atoms with van der Waals surface area (Å²) in [6, 6.07) is 2.13. The van der Waals surface area contributed by atoms with E-state index in [1.165, 1.54) is 16.7 Å². The smallest absolute Gasteiger partial charge is 0.0207 e. The van der Waals surface area contributed by atoms with Crippen LogP contribution < -0.4 is 0 Å². The third kappa shape index (κ3) is 1.61. The Morgan fingerprint density at radius 2 is 2.27 bits per heavy atom. The molecule has 1 N–H and O–H groups in total. The van der Waals surface area contributed by atoms with Crippen LogP contribution in [0.3, 0.4) is 0 Å². The van der Waals surface area contributed by atoms with Gasteiger partial charge in [-0.3, -0.25) is 0 Å². The Hall–Kier alpha value is -1.76. The van der Waals surface area contributed by atoms with Gasteiger partial charge in [-0.15, -0.1) is 0 Å². The lowest BCUT2D eigenvalue weighted by Crippen LogP contribution is -1.92. The molecule has 0 amide bonds. The van der Waals surface area contributed by atoms with Crippen molar-refractivity contribution in [1.82, 2.24) is 4.98 Å². The van der Waals surface area contributed by atoms with Crippen LogP contribution >= 0.6 is 0 Å². The lowest BCUT2D eigenvalue weighted by Gasteiger charge is -2.06. The second kappa shape index (κ2) is 3.43. The molecule has 0 aliphatic heterocycles. The fourth-order valence-electron chi connectivity index (χ4n) is 2.18. The highest BCUT2D eigenvalue weighted by Gasteiger charge is 2.15. The van der Waals surface area contributed by atoms with Gasteiger partial charge in [0.2, 0.25) is 0 Å². The lowest BCUT2D eigenvalue weighted by atomic mass is 9.98. The van der Waals surface area contributed by atoms with E-state index in [0.717, 1.165) is 6.42 Å². The van der Waals surface area contributed by atoms with Crippen LogP contribution in [0.2, 0.25) is 0 Å². The van der Waals surface area contributed by atoms with E-state index in [9.17, 15) is 0 Å². The first-order valence-electron chi connectivity index (χ1n) is 5.31. The summed E-state index contributed by atoms with van der Waals surface area (Å²) in [5.41, 5.74) is 4.19. The zero-order valence-corrected chi connectivity index (χ0v) is 8.48. The molecule has 1 unspecified atom stereocenters. The molecule has 0 saturated carbocycles. The SMILES string of the molecule is C1=CC2=CC(Cc3cc[nH]c3)=CC2C=C1. The number of aromatic amines is 1. The highest BCUT2D eigenvalue weighted by molar-refractivity contribution is 5.48. The summed E-state index contributed by atoms with van der Waals surface area (Å²) in [5.74, 6) is 0.518. The Morgan fingerprint density at radius 3 is 3.07 bits per heavy atom. The molecule has 0 spiro atoms. The van der Waals surface area contributed by atoms with Crippen LogP contribution in [0.15, 0.2) is 66.1 Å². The van der Waals surface area contributed by atoms with Gasteiger partial charge in [0.1, 0.15) is 0 Å². The molecule has 74 valence electrons. The number of nitrogens with one attached hydrogen (secondary N) is 1. The van der Waals surface area contributed by atoms with Gasteiger partial charge >= 0.3 is 0 Å². The average molecular weight is 195 g/mol. The van der Waals surface area contributed by atoms with E-state index in [-0.39, 0.29) is 0 Å². The zero-order valence-electron chi connectivity index (χ0n) is 8.48. The molecule has 2 aliphatic rings. The molecule has 15 heavy (non-hydrogen) atoms. The quantitative estimate of drug-likeness (QED) is 0.746. The highest BCUT2D eigenvalue weighted by Crippen LogP contribution is 2.30. The summed E-state index contributed by atoms with van der Waals surface area (Å²) in [6.45, 7) is 0. The number of allylic oxidation sites excluding steroid dienone is 8. The molecule has 1 aromatic heterocycles. The van der Waals surface area contributed by atoms with Crippen molar-refractivity contribution < 1.29 is 0 Å². The molecule has 1 aromatic rings. The maximum atomic E-state index is 3.09. The van der Waals surface area contributed by atoms with Crippen LogP contribution in [0.25, 0.3) is 0 Å². The topological polar surface area (TPSA) is 15.8 Å². The van der Waals surface area contributed by atoms with Crippen molar-refractivity contribution in [1.29, 1.82) is 0 Å². The normalized spacial score (nSPS) is 22.5. The summed E-state index contributed by atoms with van der Waals surface area (Å²) in [4.78, 5) is 3.09. The van der Waals surface area contributed by atoms with Crippen LogP contribution in [0.1, 0.15) is 5.56 Å². The highest BCUT2D eigenvalue weighted by atomic mass is 14.6. The molecular formula is C14H13N. The van der Waals surface area contributed by atoms with Crippen molar-refractivity contribution in [3.63, 3.8) is 0 Å². The van der Waals surface area contributed by atoms with E-state index in [1.807, 2.05) is 6.20 Å². The van der Waals surface area contributed by atoms with Gasteiger partial charge in [0.05, 0.1) is 0 Å². The fourth-order valence-corrected chi connectivity index (χ4v) is 2.18. The molecule has 0 aromatic carbocycles. The zero-order chi connectivity index (χ0) is 10.1. The predicted molar refractivity (Wildman–Crippen MR) is 62.4 cm³/mol. The Morgan fingerprint density at radius 1 is 1.27 bits per heavy atom. The Labute approximate surface area is 89.5 Å². The molecule has 0 bridgehead atoms. The van der Waals surface area contributed by atoms with Crippen molar-refractivity contribution >= 4 is 0 Å². The molecule has 0 radical (unpaired) electrons. The second-order valence-electron chi connectivity index (χ2n) is 4.05. The molecule has 1 heteroatoms. The average Bonchev–Trinajstić information content (AvgIpc) is 2.86. The van der Waals surface area contributed by atoms with Gasteiger partial charge in [-0.1, -0.05) is 36.5 Å². The van der Waals surface area contributed by atoms with Crippen LogP contribution in [-0.4, -0.2) is 4.98 Å². The second-order valence-corrected chi connectivity index (χ2v) is 4.05. The summed E-state index contributed by atoms with van der Waals surface area (Å²) in [5, 5.41) is 0. The van der Waals surface area contributed by atoms with E-state index in [4.69, 9.17) is 0 Å². The third-order valence-electron chi connectivity index (χ3n) is 2.92. The third-order valence-corrected chi connectivity index (χ3v) is 2.92. The molecule has 1 atom stereocenters. The summed E-state index contributed by atoms with van der Waals surface area (Å²) >= 11 is 0. The molecule has 2 aliphatic carbocycles. The van der Waals surface area contributed by atoms with Crippen LogP contribution in [0.4, 0.5) is 0 Å². The van der Waals surface area contributed by atoms with Crippen molar-refractivity contribution in [2.45, 2.75) is 6.42 Å². The van der Waals surface area contributed by atoms with Gasteiger partial charge in [-0.05, 0) is 29.2 Å². The van der Waals surface area contributed by atoms with Crippen molar-refractivity contribution in [3.8, 4) is 0 Å². The molecule has 3 rings (SSSR count). The van der Waals surface area contributed by atoms with Gasteiger partial charge < -0.3 is 4.98 Å². The first-order valence-corrected chi connectivity index (χ1v) is 5.31. The van der Waals surface area contributed by atoms with Crippen LogP contribution in [0, 0.1) is 5.92 Å². The number of aromatic nitrogens is 1. The van der Waals surface area contributed by atoms with Gasteiger partial charge in [0.25, 0.3) is 0 Å². The largest absolute Gasteiger partial charge is 0.367 e. The molecule has 0 fully saturated rings. The Balaban J connectivity index is 1.82. The predicted octanol–water partition coefficient (Wildman–Crippen LogP) is 3.17. The van der Waals surface area contributed by atoms with Crippen molar-refractivity contribution in [3.05, 3.63) is 71.6 Å². The number of fused-ring (bicyclic) bond motifs is 1. The van der Waals surface area contributed by atoms with Crippen molar-refractivity contribution in [2.75, 3.05) is 0 Å². The van der Waals surface area contributed by atoms with Crippen LogP contribution in [0.5, 0.6) is 0 Å².